The Labute approximate surface area is 140 Å². The van der Waals surface area contributed by atoms with Gasteiger partial charge in [-0.2, -0.15) is 0 Å². The van der Waals surface area contributed by atoms with Crippen LogP contribution in [-0.2, 0) is 14.3 Å². The van der Waals surface area contributed by atoms with Crippen LogP contribution in [-0.4, -0.2) is 41.4 Å². The molecule has 3 fully saturated rings. The summed E-state index contributed by atoms with van der Waals surface area (Å²) in [5.41, 5.74) is 0. The van der Waals surface area contributed by atoms with Crippen molar-refractivity contribution in [2.75, 3.05) is 6.54 Å². The lowest BCUT2D eigenvalue weighted by Crippen LogP contribution is -2.38. The van der Waals surface area contributed by atoms with Gasteiger partial charge in [0.05, 0.1) is 12.2 Å². The predicted molar refractivity (Wildman–Crippen MR) is 84.2 cm³/mol. The van der Waals surface area contributed by atoms with Crippen molar-refractivity contribution in [1.82, 2.24) is 4.90 Å². The van der Waals surface area contributed by atoms with Crippen molar-refractivity contribution in [3.05, 3.63) is 30.3 Å². The first-order valence-corrected chi connectivity index (χ1v) is 8.37. The third-order valence-corrected chi connectivity index (χ3v) is 5.04. The van der Waals surface area contributed by atoms with Gasteiger partial charge in [0.1, 0.15) is 5.75 Å². The molecule has 0 N–H and O–H groups in total. The number of rotatable bonds is 1. The van der Waals surface area contributed by atoms with Gasteiger partial charge in [0.15, 0.2) is 5.79 Å². The molecule has 128 valence electrons. The van der Waals surface area contributed by atoms with Crippen LogP contribution in [0.4, 0.5) is 4.79 Å². The molecule has 6 nitrogen and oxygen atoms in total. The highest BCUT2D eigenvalue weighted by atomic mass is 16.7. The molecule has 2 amide bonds. The van der Waals surface area contributed by atoms with Crippen molar-refractivity contribution in [3.63, 3.8) is 0 Å². The van der Waals surface area contributed by atoms with Gasteiger partial charge in [0, 0.05) is 12.5 Å². The summed E-state index contributed by atoms with van der Waals surface area (Å²) in [4.78, 5) is 26.2. The average Bonchev–Trinajstić information content (AvgIpc) is 3.01. The summed E-state index contributed by atoms with van der Waals surface area (Å²) in [7, 11) is 0. The Balaban J connectivity index is 1.45. The molecule has 1 aromatic carbocycles. The van der Waals surface area contributed by atoms with Gasteiger partial charge < -0.3 is 14.2 Å². The molecule has 24 heavy (non-hydrogen) atoms. The number of benzene rings is 1. The molecule has 2 aliphatic heterocycles. The van der Waals surface area contributed by atoms with Gasteiger partial charge >= 0.3 is 6.09 Å². The maximum Gasteiger partial charge on any atom is 0.422 e. The number of hydrogen-bond donors (Lipinski definition) is 0. The van der Waals surface area contributed by atoms with Gasteiger partial charge in [-0.05, 0) is 44.7 Å². The Bertz CT molecular complexity index is 659. The molecule has 4 atom stereocenters. The predicted octanol–water partition coefficient (Wildman–Crippen LogP) is 2.57. The van der Waals surface area contributed by atoms with Crippen molar-refractivity contribution in [1.29, 1.82) is 0 Å². The topological polar surface area (TPSA) is 65.1 Å². The molecule has 1 saturated carbocycles. The summed E-state index contributed by atoms with van der Waals surface area (Å²) in [6.07, 6.45) is 0.661. The highest BCUT2D eigenvalue weighted by Crippen LogP contribution is 2.45. The van der Waals surface area contributed by atoms with Crippen LogP contribution in [0, 0.1) is 11.8 Å². The van der Waals surface area contributed by atoms with E-state index in [-0.39, 0.29) is 30.0 Å². The van der Waals surface area contributed by atoms with Crippen LogP contribution in [0.3, 0.4) is 0 Å². The highest BCUT2D eigenvalue weighted by Gasteiger charge is 2.54. The van der Waals surface area contributed by atoms with Crippen molar-refractivity contribution in [2.24, 2.45) is 11.8 Å². The minimum Gasteiger partial charge on any atom is -0.410 e. The smallest absolute Gasteiger partial charge is 0.410 e. The second kappa shape index (κ2) is 5.57. The largest absolute Gasteiger partial charge is 0.422 e. The normalized spacial score (nSPS) is 33.9. The lowest BCUT2D eigenvalue weighted by molar-refractivity contribution is -0.147. The summed E-state index contributed by atoms with van der Waals surface area (Å²) >= 11 is 0. The van der Waals surface area contributed by atoms with Gasteiger partial charge in [-0.3, -0.25) is 4.79 Å². The molecular weight excluding hydrogens is 310 g/mol. The van der Waals surface area contributed by atoms with E-state index in [2.05, 4.69) is 0 Å². The lowest BCUT2D eigenvalue weighted by atomic mass is 9.78. The van der Waals surface area contributed by atoms with Crippen molar-refractivity contribution in [3.8, 4) is 5.75 Å². The van der Waals surface area contributed by atoms with Crippen LogP contribution in [0.5, 0.6) is 5.75 Å². The van der Waals surface area contributed by atoms with E-state index in [1.807, 2.05) is 19.9 Å². The van der Waals surface area contributed by atoms with E-state index >= 15 is 0 Å². The molecule has 1 aromatic rings. The Hall–Kier alpha value is -1.92. The van der Waals surface area contributed by atoms with Crippen molar-refractivity contribution < 1.29 is 23.8 Å². The van der Waals surface area contributed by atoms with Gasteiger partial charge in [0.25, 0.3) is 0 Å². The average molecular weight is 331 g/mol. The van der Waals surface area contributed by atoms with E-state index in [9.17, 15) is 9.59 Å². The summed E-state index contributed by atoms with van der Waals surface area (Å²) in [5.74, 6) is -0.391. The summed E-state index contributed by atoms with van der Waals surface area (Å²) < 4.78 is 17.1. The van der Waals surface area contributed by atoms with E-state index in [0.29, 0.717) is 18.7 Å². The minimum absolute atomic E-state index is 0.000793. The van der Waals surface area contributed by atoms with E-state index in [1.165, 1.54) is 4.90 Å². The van der Waals surface area contributed by atoms with E-state index < -0.39 is 11.9 Å². The van der Waals surface area contributed by atoms with Gasteiger partial charge in [0.2, 0.25) is 5.91 Å². The zero-order valence-electron chi connectivity index (χ0n) is 13.8. The summed E-state index contributed by atoms with van der Waals surface area (Å²) in [6, 6.07) is 8.80. The van der Waals surface area contributed by atoms with Crippen LogP contribution >= 0.6 is 0 Å². The number of nitrogens with zero attached hydrogens (tertiary/aromatic N) is 1. The number of carbonyl (C=O) groups excluding carboxylic acids is 2. The first-order valence-electron chi connectivity index (χ1n) is 8.37. The molecule has 0 radical (unpaired) electrons. The molecule has 2 heterocycles. The molecule has 1 aliphatic carbocycles. The molecular formula is C18H21NO5. The monoisotopic (exact) mass is 331 g/mol. The molecule has 4 rings (SSSR count). The minimum atomic E-state index is -0.604. The number of carbonyl (C=O) groups is 2. The van der Waals surface area contributed by atoms with Crippen LogP contribution < -0.4 is 4.74 Å². The molecule has 2 saturated heterocycles. The van der Waals surface area contributed by atoms with Crippen LogP contribution in [0.15, 0.2) is 30.3 Å². The van der Waals surface area contributed by atoms with Crippen molar-refractivity contribution >= 4 is 12.0 Å². The fourth-order valence-corrected chi connectivity index (χ4v) is 4.05. The second-order valence-electron chi connectivity index (χ2n) is 7.18. The molecule has 0 aromatic heterocycles. The SMILES string of the molecule is CC1(C)O[C@H]2C[C@@H]3CN(C(=O)Oc4ccccc4)C(=O)[C@@H]3C[C@H]2O1. The number of ether oxygens (including phenoxy) is 3. The van der Waals surface area contributed by atoms with Crippen molar-refractivity contribution in [2.45, 2.75) is 44.7 Å². The third kappa shape index (κ3) is 2.70. The number of amides is 2. The summed E-state index contributed by atoms with van der Waals surface area (Å²) in [6.45, 7) is 4.18. The maximum absolute atomic E-state index is 12.7. The van der Waals surface area contributed by atoms with Crippen LogP contribution in [0.25, 0.3) is 0 Å². The number of fused-ring (bicyclic) bond motifs is 2. The Morgan fingerprint density at radius 3 is 2.54 bits per heavy atom. The molecule has 0 bridgehead atoms. The van der Waals surface area contributed by atoms with Crippen LogP contribution in [0.1, 0.15) is 26.7 Å². The molecule has 0 spiro atoms. The number of hydrogen-bond acceptors (Lipinski definition) is 5. The quantitative estimate of drug-likeness (QED) is 0.791. The molecule has 3 aliphatic rings. The Morgan fingerprint density at radius 1 is 1.17 bits per heavy atom. The number of para-hydroxylation sites is 1. The fourth-order valence-electron chi connectivity index (χ4n) is 4.05. The first kappa shape index (κ1) is 15.6. The lowest BCUT2D eigenvalue weighted by Gasteiger charge is -2.30. The zero-order valence-corrected chi connectivity index (χ0v) is 13.8. The van der Waals surface area contributed by atoms with E-state index in [0.717, 1.165) is 6.42 Å². The summed E-state index contributed by atoms with van der Waals surface area (Å²) in [5, 5.41) is 0. The molecule has 0 unspecified atom stereocenters. The highest BCUT2D eigenvalue weighted by molar-refractivity contribution is 5.96. The Kier molecular flexibility index (Phi) is 3.62. The van der Waals surface area contributed by atoms with Gasteiger partial charge in [-0.1, -0.05) is 18.2 Å². The number of likely N-dealkylation sites (tertiary alicyclic amines) is 1. The van der Waals surface area contributed by atoms with E-state index in [4.69, 9.17) is 14.2 Å². The standard InChI is InChI=1S/C18H21NO5/c1-18(2)23-14-8-11-10-19(16(20)13(11)9-15(14)24-18)17(21)22-12-6-4-3-5-7-12/h3-7,11,13-15H,8-10H2,1-2H3/t11-,13-,14+,15-/m1/s1. The molecule has 6 heteroatoms. The number of imide groups is 1. The first-order chi connectivity index (χ1) is 11.4. The third-order valence-electron chi connectivity index (χ3n) is 5.04. The fraction of sp³-hybridized carbons (Fsp3) is 0.556. The Morgan fingerprint density at radius 2 is 1.83 bits per heavy atom. The van der Waals surface area contributed by atoms with E-state index in [1.54, 1.807) is 24.3 Å². The van der Waals surface area contributed by atoms with Crippen LogP contribution in [0.2, 0.25) is 0 Å². The van der Waals surface area contributed by atoms with Gasteiger partial charge in [-0.25, -0.2) is 9.69 Å². The maximum atomic E-state index is 12.7. The zero-order chi connectivity index (χ0) is 16.9. The second-order valence-corrected chi connectivity index (χ2v) is 7.18. The van der Waals surface area contributed by atoms with Gasteiger partial charge in [-0.15, -0.1) is 0 Å².